The summed E-state index contributed by atoms with van der Waals surface area (Å²) in [5, 5.41) is 9.63. The van der Waals surface area contributed by atoms with Gasteiger partial charge < -0.3 is 15.2 Å². The molecule has 2 heterocycles. The van der Waals surface area contributed by atoms with Gasteiger partial charge in [-0.1, -0.05) is 27.2 Å². The van der Waals surface area contributed by atoms with E-state index in [1.54, 1.807) is 31.3 Å². The predicted octanol–water partition coefficient (Wildman–Crippen LogP) is 4.44. The molecular formula is C17H15BrN4O2. The molecule has 3 rings (SSSR count). The van der Waals surface area contributed by atoms with Crippen molar-refractivity contribution in [1.29, 1.82) is 0 Å². The number of nitrogens with one attached hydrogen (secondary N) is 2. The molecule has 0 fully saturated rings. The first-order valence-corrected chi connectivity index (χ1v) is 8.04. The van der Waals surface area contributed by atoms with E-state index in [-0.39, 0.29) is 11.6 Å². The molecule has 2 aromatic heterocycles. The van der Waals surface area contributed by atoms with Crippen molar-refractivity contribution in [3.05, 3.63) is 64.1 Å². The standard InChI is InChI=1S/C17H15BrN4O2/c1-10-3-4-12(8-14(10)18)20-13-5-6-19-15(9-13)17(23)21-16-7-11(2)24-22-16/h3-9H,1-2H3,(H,19,20)(H,21,22,23). The van der Waals surface area contributed by atoms with Gasteiger partial charge in [0.2, 0.25) is 0 Å². The number of halogens is 1. The van der Waals surface area contributed by atoms with Crippen LogP contribution in [0.5, 0.6) is 0 Å². The van der Waals surface area contributed by atoms with E-state index in [0.717, 1.165) is 21.4 Å². The summed E-state index contributed by atoms with van der Waals surface area (Å²) in [6.45, 7) is 3.78. The molecule has 0 saturated carbocycles. The van der Waals surface area contributed by atoms with Crippen molar-refractivity contribution in [3.63, 3.8) is 0 Å². The maximum Gasteiger partial charge on any atom is 0.275 e. The van der Waals surface area contributed by atoms with E-state index in [1.807, 2.05) is 25.1 Å². The summed E-state index contributed by atoms with van der Waals surface area (Å²) < 4.78 is 5.94. The number of carbonyl (C=O) groups is 1. The zero-order chi connectivity index (χ0) is 17.1. The van der Waals surface area contributed by atoms with Gasteiger partial charge in [-0.05, 0) is 43.7 Å². The Labute approximate surface area is 147 Å². The Bertz CT molecular complexity index is 892. The van der Waals surface area contributed by atoms with Crippen LogP contribution < -0.4 is 10.6 Å². The molecule has 0 saturated heterocycles. The van der Waals surface area contributed by atoms with Crippen molar-refractivity contribution in [1.82, 2.24) is 10.1 Å². The van der Waals surface area contributed by atoms with Crippen LogP contribution in [0.25, 0.3) is 0 Å². The molecule has 6 nitrogen and oxygen atoms in total. The summed E-state index contributed by atoms with van der Waals surface area (Å²) in [6.07, 6.45) is 1.58. The highest BCUT2D eigenvalue weighted by Gasteiger charge is 2.11. The van der Waals surface area contributed by atoms with E-state index < -0.39 is 0 Å². The third-order valence-electron chi connectivity index (χ3n) is 3.32. The molecule has 122 valence electrons. The highest BCUT2D eigenvalue weighted by molar-refractivity contribution is 9.10. The van der Waals surface area contributed by atoms with E-state index in [9.17, 15) is 4.79 Å². The molecule has 2 N–H and O–H groups in total. The lowest BCUT2D eigenvalue weighted by Crippen LogP contribution is -2.14. The minimum absolute atomic E-state index is 0.284. The molecule has 24 heavy (non-hydrogen) atoms. The monoisotopic (exact) mass is 386 g/mol. The van der Waals surface area contributed by atoms with Crippen molar-refractivity contribution >= 4 is 39.0 Å². The molecule has 0 radical (unpaired) electrons. The Hall–Kier alpha value is -2.67. The molecule has 0 bridgehead atoms. The summed E-state index contributed by atoms with van der Waals surface area (Å²) >= 11 is 3.50. The van der Waals surface area contributed by atoms with Gasteiger partial charge in [-0.25, -0.2) is 0 Å². The molecule has 0 aliphatic carbocycles. The molecule has 0 aliphatic rings. The Morgan fingerprint density at radius 3 is 2.62 bits per heavy atom. The second-order valence-corrected chi connectivity index (χ2v) is 6.15. The van der Waals surface area contributed by atoms with Gasteiger partial charge in [0.1, 0.15) is 11.5 Å². The van der Waals surface area contributed by atoms with Crippen molar-refractivity contribution in [2.75, 3.05) is 10.6 Å². The first-order valence-electron chi connectivity index (χ1n) is 7.25. The van der Waals surface area contributed by atoms with Gasteiger partial charge in [0.15, 0.2) is 5.82 Å². The Kier molecular flexibility index (Phi) is 4.61. The lowest BCUT2D eigenvalue weighted by Gasteiger charge is -2.09. The SMILES string of the molecule is Cc1cc(NC(=O)c2cc(Nc3ccc(C)c(Br)c3)ccn2)no1. The van der Waals surface area contributed by atoms with Crippen LogP contribution in [0.15, 0.2) is 51.6 Å². The molecule has 3 aromatic rings. The number of anilines is 3. The zero-order valence-electron chi connectivity index (χ0n) is 13.1. The van der Waals surface area contributed by atoms with Crippen molar-refractivity contribution in [2.45, 2.75) is 13.8 Å². The maximum atomic E-state index is 12.2. The normalized spacial score (nSPS) is 10.5. The van der Waals surface area contributed by atoms with Gasteiger partial charge in [0.25, 0.3) is 5.91 Å². The molecular weight excluding hydrogens is 372 g/mol. The van der Waals surface area contributed by atoms with Gasteiger partial charge in [0.05, 0.1) is 0 Å². The second-order valence-electron chi connectivity index (χ2n) is 5.30. The average molecular weight is 387 g/mol. The van der Waals surface area contributed by atoms with Crippen molar-refractivity contribution in [3.8, 4) is 0 Å². The Morgan fingerprint density at radius 2 is 1.92 bits per heavy atom. The van der Waals surface area contributed by atoms with E-state index in [0.29, 0.717) is 11.6 Å². The van der Waals surface area contributed by atoms with E-state index >= 15 is 0 Å². The van der Waals surface area contributed by atoms with Gasteiger partial charge >= 0.3 is 0 Å². The second kappa shape index (κ2) is 6.84. The van der Waals surface area contributed by atoms with Crippen molar-refractivity contribution < 1.29 is 9.32 Å². The largest absolute Gasteiger partial charge is 0.360 e. The van der Waals surface area contributed by atoms with Crippen molar-refractivity contribution in [2.24, 2.45) is 0 Å². The summed E-state index contributed by atoms with van der Waals surface area (Å²) in [7, 11) is 0. The number of nitrogens with zero attached hydrogens (tertiary/aromatic N) is 2. The number of hydrogen-bond donors (Lipinski definition) is 2. The van der Waals surface area contributed by atoms with Crippen LogP contribution in [0, 0.1) is 13.8 Å². The van der Waals surface area contributed by atoms with E-state index in [1.165, 1.54) is 0 Å². The molecule has 0 atom stereocenters. The van der Waals surface area contributed by atoms with Crippen LogP contribution in [0.2, 0.25) is 0 Å². The molecule has 0 spiro atoms. The fourth-order valence-corrected chi connectivity index (χ4v) is 2.45. The lowest BCUT2D eigenvalue weighted by molar-refractivity contribution is 0.102. The topological polar surface area (TPSA) is 80.0 Å². The first-order chi connectivity index (χ1) is 11.5. The number of rotatable bonds is 4. The van der Waals surface area contributed by atoms with Crippen LogP contribution >= 0.6 is 15.9 Å². The van der Waals surface area contributed by atoms with E-state index in [2.05, 4.69) is 36.7 Å². The third kappa shape index (κ3) is 3.80. The number of hydrogen-bond acceptors (Lipinski definition) is 5. The van der Waals surface area contributed by atoms with E-state index in [4.69, 9.17) is 4.52 Å². The van der Waals surface area contributed by atoms with Crippen LogP contribution in [0.1, 0.15) is 21.8 Å². The fraction of sp³-hybridized carbons (Fsp3) is 0.118. The number of carbonyl (C=O) groups excluding carboxylic acids is 1. The number of amides is 1. The number of pyridine rings is 1. The predicted molar refractivity (Wildman–Crippen MR) is 95.6 cm³/mol. The minimum atomic E-state index is -0.350. The molecule has 0 unspecified atom stereocenters. The van der Waals surface area contributed by atoms with Gasteiger partial charge in [0, 0.05) is 28.1 Å². The van der Waals surface area contributed by atoms with Crippen LogP contribution in [0.3, 0.4) is 0 Å². The highest BCUT2D eigenvalue weighted by atomic mass is 79.9. The smallest absolute Gasteiger partial charge is 0.275 e. The van der Waals surface area contributed by atoms with Gasteiger partial charge in [-0.2, -0.15) is 0 Å². The van der Waals surface area contributed by atoms with Crippen LogP contribution in [-0.2, 0) is 0 Å². The Morgan fingerprint density at radius 1 is 1.12 bits per heavy atom. The van der Waals surface area contributed by atoms with Crippen LogP contribution in [0.4, 0.5) is 17.2 Å². The van der Waals surface area contributed by atoms with Gasteiger partial charge in [-0.3, -0.25) is 9.78 Å². The summed E-state index contributed by atoms with van der Waals surface area (Å²) in [5.74, 6) is 0.635. The number of aryl methyl sites for hydroxylation is 2. The quantitative estimate of drug-likeness (QED) is 0.692. The molecule has 1 aromatic carbocycles. The average Bonchev–Trinajstić information content (AvgIpc) is 2.96. The first kappa shape index (κ1) is 16.2. The highest BCUT2D eigenvalue weighted by Crippen LogP contribution is 2.23. The maximum absolute atomic E-state index is 12.2. The minimum Gasteiger partial charge on any atom is -0.360 e. The third-order valence-corrected chi connectivity index (χ3v) is 4.18. The van der Waals surface area contributed by atoms with Gasteiger partial charge in [-0.15, -0.1) is 0 Å². The van der Waals surface area contributed by atoms with Crippen LogP contribution in [-0.4, -0.2) is 16.0 Å². The zero-order valence-corrected chi connectivity index (χ0v) is 14.7. The lowest BCUT2D eigenvalue weighted by atomic mass is 10.2. The molecule has 1 amide bonds. The Balaban J connectivity index is 1.75. The number of aromatic nitrogens is 2. The molecule has 0 aliphatic heterocycles. The summed E-state index contributed by atoms with van der Waals surface area (Å²) in [5.41, 5.74) is 3.12. The summed E-state index contributed by atoms with van der Waals surface area (Å²) in [6, 6.07) is 11.1. The fourth-order valence-electron chi connectivity index (χ4n) is 2.08. The molecule has 7 heteroatoms. The number of benzene rings is 1. The summed E-state index contributed by atoms with van der Waals surface area (Å²) in [4.78, 5) is 16.3.